The first kappa shape index (κ1) is 24.0. The second-order valence-corrected chi connectivity index (χ2v) is 8.27. The largest absolute Gasteiger partial charge is 0.303 e. The molecule has 0 aliphatic heterocycles. The fourth-order valence-electron chi connectivity index (χ4n) is 3.45. The maximum atomic E-state index is 2.78. The average Bonchev–Trinajstić information content (AvgIpc) is 2.56. The summed E-state index contributed by atoms with van der Waals surface area (Å²) in [7, 11) is 0. The monoisotopic (exact) mass is 339 g/mol. The summed E-state index contributed by atoms with van der Waals surface area (Å²) in [6.45, 7) is 13.4. The number of nitrogens with zero attached hydrogens (tertiary/aromatic N) is 1. The zero-order chi connectivity index (χ0) is 17.9. The smallest absolute Gasteiger partial charge is 0.00187 e. The van der Waals surface area contributed by atoms with Crippen molar-refractivity contribution in [1.82, 2.24) is 4.90 Å². The Morgan fingerprint density at radius 2 is 0.875 bits per heavy atom. The van der Waals surface area contributed by atoms with Crippen LogP contribution in [0.1, 0.15) is 124 Å². The van der Waals surface area contributed by atoms with Crippen LogP contribution in [0.5, 0.6) is 0 Å². The molecular formula is C23H49N. The molecule has 0 aromatic rings. The molecule has 0 fully saturated rings. The van der Waals surface area contributed by atoms with Crippen LogP contribution in [0.3, 0.4) is 0 Å². The summed E-state index contributed by atoms with van der Waals surface area (Å²) in [5.74, 6) is 0.882. The molecule has 0 radical (unpaired) electrons. The highest BCUT2D eigenvalue weighted by Gasteiger charge is 2.05. The Morgan fingerprint density at radius 3 is 1.25 bits per heavy atom. The molecular weight excluding hydrogens is 290 g/mol. The van der Waals surface area contributed by atoms with Gasteiger partial charge in [0, 0.05) is 0 Å². The molecule has 0 rings (SSSR count). The maximum Gasteiger partial charge on any atom is -0.00187 e. The molecule has 24 heavy (non-hydrogen) atoms. The zero-order valence-corrected chi connectivity index (χ0v) is 17.8. The highest BCUT2D eigenvalue weighted by Crippen LogP contribution is 2.12. The van der Waals surface area contributed by atoms with E-state index in [1.807, 2.05) is 0 Å². The third-order valence-corrected chi connectivity index (χ3v) is 5.16. The van der Waals surface area contributed by atoms with Gasteiger partial charge in [0.2, 0.25) is 0 Å². The first-order valence-corrected chi connectivity index (χ1v) is 11.4. The normalized spacial score (nSPS) is 11.8. The van der Waals surface area contributed by atoms with Crippen LogP contribution < -0.4 is 0 Å². The van der Waals surface area contributed by atoms with Crippen molar-refractivity contribution in [2.24, 2.45) is 5.92 Å². The molecule has 0 aromatic carbocycles. The van der Waals surface area contributed by atoms with E-state index in [-0.39, 0.29) is 0 Å². The highest BCUT2D eigenvalue weighted by molar-refractivity contribution is 4.60. The molecule has 0 atom stereocenters. The minimum absolute atomic E-state index is 0.882. The first-order chi connectivity index (χ1) is 11.7. The van der Waals surface area contributed by atoms with Gasteiger partial charge in [-0.3, -0.25) is 0 Å². The lowest BCUT2D eigenvalue weighted by Gasteiger charge is -2.22. The lowest BCUT2D eigenvalue weighted by atomic mass is 10.0. The SMILES string of the molecule is CCCCCCCN(CCCCCCC)CCCCCCC(C)C. The lowest BCUT2D eigenvalue weighted by molar-refractivity contribution is 0.254. The summed E-state index contributed by atoms with van der Waals surface area (Å²) < 4.78 is 0. The number of hydrogen-bond acceptors (Lipinski definition) is 1. The van der Waals surface area contributed by atoms with Gasteiger partial charge in [-0.15, -0.1) is 0 Å². The van der Waals surface area contributed by atoms with Gasteiger partial charge in [-0.1, -0.05) is 105 Å². The first-order valence-electron chi connectivity index (χ1n) is 11.4. The van der Waals surface area contributed by atoms with Crippen molar-refractivity contribution in [3.63, 3.8) is 0 Å². The van der Waals surface area contributed by atoms with E-state index in [9.17, 15) is 0 Å². The Bertz CT molecular complexity index is 210. The molecule has 0 spiro atoms. The Morgan fingerprint density at radius 1 is 0.500 bits per heavy atom. The molecule has 146 valence electrons. The Balaban J connectivity index is 3.76. The minimum atomic E-state index is 0.882. The molecule has 0 amide bonds. The van der Waals surface area contributed by atoms with E-state index in [0.29, 0.717) is 0 Å². The summed E-state index contributed by atoms with van der Waals surface area (Å²) >= 11 is 0. The Labute approximate surface area is 155 Å². The van der Waals surface area contributed by atoms with Crippen molar-refractivity contribution in [3.05, 3.63) is 0 Å². The van der Waals surface area contributed by atoms with Crippen molar-refractivity contribution >= 4 is 0 Å². The van der Waals surface area contributed by atoms with Crippen LogP contribution >= 0.6 is 0 Å². The van der Waals surface area contributed by atoms with Crippen molar-refractivity contribution < 1.29 is 0 Å². The van der Waals surface area contributed by atoms with E-state index in [0.717, 1.165) is 5.92 Å². The van der Waals surface area contributed by atoms with Crippen LogP contribution in [-0.4, -0.2) is 24.5 Å². The summed E-state index contributed by atoms with van der Waals surface area (Å²) in [6, 6.07) is 0. The molecule has 0 aliphatic carbocycles. The standard InChI is InChI=1S/C23H49N/c1-5-7-9-12-16-20-24(21-17-13-10-8-6-2)22-18-14-11-15-19-23(3)4/h23H,5-22H2,1-4H3. The maximum absolute atomic E-state index is 2.78. The Kier molecular flexibility index (Phi) is 19.3. The van der Waals surface area contributed by atoms with Crippen LogP contribution in [0, 0.1) is 5.92 Å². The van der Waals surface area contributed by atoms with Gasteiger partial charge < -0.3 is 4.90 Å². The van der Waals surface area contributed by atoms with Crippen LogP contribution in [0.25, 0.3) is 0 Å². The second-order valence-electron chi connectivity index (χ2n) is 8.27. The average molecular weight is 340 g/mol. The van der Waals surface area contributed by atoms with Crippen molar-refractivity contribution in [3.8, 4) is 0 Å². The molecule has 0 unspecified atom stereocenters. The molecule has 1 nitrogen and oxygen atoms in total. The van der Waals surface area contributed by atoms with Crippen LogP contribution in [0.2, 0.25) is 0 Å². The topological polar surface area (TPSA) is 3.24 Å². The fraction of sp³-hybridized carbons (Fsp3) is 1.00. The lowest BCUT2D eigenvalue weighted by Crippen LogP contribution is -2.27. The van der Waals surface area contributed by atoms with E-state index in [1.54, 1.807) is 0 Å². The van der Waals surface area contributed by atoms with Crippen molar-refractivity contribution in [2.75, 3.05) is 19.6 Å². The number of unbranched alkanes of at least 4 members (excludes halogenated alkanes) is 11. The summed E-state index contributed by atoms with van der Waals surface area (Å²) in [5, 5.41) is 0. The molecule has 0 bridgehead atoms. The van der Waals surface area contributed by atoms with E-state index in [1.165, 1.54) is 116 Å². The van der Waals surface area contributed by atoms with Gasteiger partial charge in [-0.2, -0.15) is 0 Å². The third kappa shape index (κ3) is 18.3. The summed E-state index contributed by atoms with van der Waals surface area (Å²) in [4.78, 5) is 2.78. The molecule has 0 aromatic heterocycles. The van der Waals surface area contributed by atoms with Gasteiger partial charge >= 0.3 is 0 Å². The van der Waals surface area contributed by atoms with Crippen LogP contribution in [0.4, 0.5) is 0 Å². The third-order valence-electron chi connectivity index (χ3n) is 5.16. The molecule has 1 heteroatoms. The molecule has 0 saturated heterocycles. The van der Waals surface area contributed by atoms with Crippen molar-refractivity contribution in [1.29, 1.82) is 0 Å². The number of hydrogen-bond donors (Lipinski definition) is 0. The molecule has 0 N–H and O–H groups in total. The van der Waals surface area contributed by atoms with E-state index < -0.39 is 0 Å². The predicted octanol–water partition coefficient (Wildman–Crippen LogP) is 7.84. The van der Waals surface area contributed by atoms with Gasteiger partial charge in [0.1, 0.15) is 0 Å². The quantitative estimate of drug-likeness (QED) is 0.217. The highest BCUT2D eigenvalue weighted by atomic mass is 15.1. The van der Waals surface area contributed by atoms with Gasteiger partial charge in [0.05, 0.1) is 0 Å². The van der Waals surface area contributed by atoms with Crippen LogP contribution in [0.15, 0.2) is 0 Å². The summed E-state index contributed by atoms with van der Waals surface area (Å²) in [5.41, 5.74) is 0. The van der Waals surface area contributed by atoms with E-state index in [2.05, 4.69) is 32.6 Å². The molecule has 0 aliphatic rings. The predicted molar refractivity (Wildman–Crippen MR) is 112 cm³/mol. The zero-order valence-electron chi connectivity index (χ0n) is 17.8. The van der Waals surface area contributed by atoms with Crippen LogP contribution in [-0.2, 0) is 0 Å². The van der Waals surface area contributed by atoms with Gasteiger partial charge in [-0.05, 0) is 44.8 Å². The van der Waals surface area contributed by atoms with E-state index >= 15 is 0 Å². The second kappa shape index (κ2) is 19.3. The number of rotatable bonds is 19. The minimum Gasteiger partial charge on any atom is -0.303 e. The van der Waals surface area contributed by atoms with Gasteiger partial charge in [0.25, 0.3) is 0 Å². The molecule has 0 saturated carbocycles. The van der Waals surface area contributed by atoms with Gasteiger partial charge in [-0.25, -0.2) is 0 Å². The summed E-state index contributed by atoms with van der Waals surface area (Å²) in [6.07, 6.45) is 21.3. The van der Waals surface area contributed by atoms with Crippen molar-refractivity contribution in [2.45, 2.75) is 124 Å². The van der Waals surface area contributed by atoms with E-state index in [4.69, 9.17) is 0 Å². The van der Waals surface area contributed by atoms with Gasteiger partial charge in [0.15, 0.2) is 0 Å². The molecule has 0 heterocycles. The fourth-order valence-corrected chi connectivity index (χ4v) is 3.45. The Hall–Kier alpha value is -0.0400.